The number of rotatable bonds is 2. The van der Waals surface area contributed by atoms with E-state index in [0.29, 0.717) is 5.69 Å². The summed E-state index contributed by atoms with van der Waals surface area (Å²) in [6, 6.07) is 5.75. The minimum Gasteiger partial charge on any atom is -0.443 e. The smallest absolute Gasteiger partial charge is 0.181 e. The Hall–Kier alpha value is -1.72. The Morgan fingerprint density at radius 2 is 2.31 bits per heavy atom. The monoisotopic (exact) mass is 232 g/mol. The molecule has 0 bridgehead atoms. The molecule has 2 heterocycles. The number of thiazole rings is 1. The van der Waals surface area contributed by atoms with Crippen molar-refractivity contribution in [2.75, 3.05) is 0 Å². The first-order chi connectivity index (χ1) is 7.86. The van der Waals surface area contributed by atoms with E-state index in [1.807, 2.05) is 23.6 Å². The highest BCUT2D eigenvalue weighted by Crippen LogP contribution is 2.26. The van der Waals surface area contributed by atoms with Gasteiger partial charge in [0.2, 0.25) is 0 Å². The van der Waals surface area contributed by atoms with Gasteiger partial charge >= 0.3 is 0 Å². The van der Waals surface area contributed by atoms with Crippen LogP contribution in [0, 0.1) is 0 Å². The summed E-state index contributed by atoms with van der Waals surface area (Å²) in [7, 11) is 0. The number of hydrogen-bond donors (Lipinski definition) is 1. The fraction of sp³-hybridized carbons (Fsp3) is 0.0909. The minimum atomic E-state index is -0.0267. The molecule has 4 nitrogen and oxygen atoms in total. The summed E-state index contributed by atoms with van der Waals surface area (Å²) < 4.78 is 5.23. The second-order valence-electron chi connectivity index (χ2n) is 3.34. The maximum atomic E-state index is 8.95. The summed E-state index contributed by atoms with van der Waals surface area (Å²) in [6.07, 6.45) is 1.43. The Morgan fingerprint density at radius 1 is 1.38 bits per heavy atom. The van der Waals surface area contributed by atoms with Crippen molar-refractivity contribution >= 4 is 22.4 Å². The second kappa shape index (κ2) is 3.70. The summed E-state index contributed by atoms with van der Waals surface area (Å²) in [5.41, 5.74) is 3.26. The molecule has 0 aliphatic carbocycles. The highest BCUT2D eigenvalue weighted by molar-refractivity contribution is 7.13. The molecule has 0 fully saturated rings. The standard InChI is InChI=1S/C11H8N2O2S/c14-4-8-5-16-11(13-8)7-1-2-9-10(3-7)15-6-12-9/h1-3,5-6,14H,4H2. The topological polar surface area (TPSA) is 59.2 Å². The van der Waals surface area contributed by atoms with Crippen LogP contribution in [0.2, 0.25) is 0 Å². The zero-order valence-electron chi connectivity index (χ0n) is 8.25. The molecular weight excluding hydrogens is 224 g/mol. The van der Waals surface area contributed by atoms with Crippen molar-refractivity contribution in [3.05, 3.63) is 35.7 Å². The van der Waals surface area contributed by atoms with Crippen molar-refractivity contribution < 1.29 is 9.52 Å². The third-order valence-corrected chi connectivity index (χ3v) is 3.23. The van der Waals surface area contributed by atoms with Crippen molar-refractivity contribution in [1.29, 1.82) is 0 Å². The molecule has 0 atom stereocenters. The van der Waals surface area contributed by atoms with E-state index in [4.69, 9.17) is 9.52 Å². The SMILES string of the molecule is OCc1csc(-c2ccc3ncoc3c2)n1. The van der Waals surface area contributed by atoms with Gasteiger partial charge in [0.15, 0.2) is 12.0 Å². The van der Waals surface area contributed by atoms with Crippen molar-refractivity contribution in [1.82, 2.24) is 9.97 Å². The first-order valence-electron chi connectivity index (χ1n) is 4.76. The van der Waals surface area contributed by atoms with Gasteiger partial charge in [-0.15, -0.1) is 11.3 Å². The molecular formula is C11H8N2O2S. The number of aliphatic hydroxyl groups excluding tert-OH is 1. The van der Waals surface area contributed by atoms with Crippen LogP contribution in [0.25, 0.3) is 21.7 Å². The minimum absolute atomic E-state index is 0.0267. The predicted molar refractivity (Wildman–Crippen MR) is 61.0 cm³/mol. The van der Waals surface area contributed by atoms with E-state index in [9.17, 15) is 0 Å². The predicted octanol–water partition coefficient (Wildman–Crippen LogP) is 2.44. The van der Waals surface area contributed by atoms with Crippen molar-refractivity contribution in [3.63, 3.8) is 0 Å². The van der Waals surface area contributed by atoms with Gasteiger partial charge in [0, 0.05) is 10.9 Å². The summed E-state index contributed by atoms with van der Waals surface area (Å²) >= 11 is 1.51. The van der Waals surface area contributed by atoms with Gasteiger partial charge in [-0.05, 0) is 18.2 Å². The third kappa shape index (κ3) is 1.50. The number of hydrogen-bond acceptors (Lipinski definition) is 5. The van der Waals surface area contributed by atoms with Crippen LogP contribution in [0.4, 0.5) is 0 Å². The van der Waals surface area contributed by atoms with Gasteiger partial charge in [-0.1, -0.05) is 0 Å². The molecule has 0 unspecified atom stereocenters. The zero-order chi connectivity index (χ0) is 11.0. The Balaban J connectivity index is 2.10. The van der Waals surface area contributed by atoms with Crippen LogP contribution in [0.3, 0.4) is 0 Å². The highest BCUT2D eigenvalue weighted by atomic mass is 32.1. The quantitative estimate of drug-likeness (QED) is 0.737. The van der Waals surface area contributed by atoms with E-state index in [0.717, 1.165) is 21.7 Å². The molecule has 0 aliphatic heterocycles. The molecule has 3 rings (SSSR count). The van der Waals surface area contributed by atoms with Crippen LogP contribution >= 0.6 is 11.3 Å². The van der Waals surface area contributed by atoms with Gasteiger partial charge in [0.25, 0.3) is 0 Å². The lowest BCUT2D eigenvalue weighted by molar-refractivity contribution is 0.278. The molecule has 2 aromatic heterocycles. The molecule has 0 spiro atoms. The zero-order valence-corrected chi connectivity index (χ0v) is 9.07. The van der Waals surface area contributed by atoms with Crippen LogP contribution in [-0.4, -0.2) is 15.1 Å². The van der Waals surface area contributed by atoms with E-state index in [1.165, 1.54) is 17.7 Å². The first kappa shape index (κ1) is 9.50. The van der Waals surface area contributed by atoms with E-state index >= 15 is 0 Å². The number of nitrogens with zero attached hydrogens (tertiary/aromatic N) is 2. The van der Waals surface area contributed by atoms with Gasteiger partial charge in [-0.2, -0.15) is 0 Å². The number of aromatic nitrogens is 2. The maximum Gasteiger partial charge on any atom is 0.181 e. The van der Waals surface area contributed by atoms with Crippen molar-refractivity contribution in [2.24, 2.45) is 0 Å². The van der Waals surface area contributed by atoms with Crippen LogP contribution in [0.1, 0.15) is 5.69 Å². The number of oxazole rings is 1. The molecule has 0 saturated heterocycles. The van der Waals surface area contributed by atoms with Gasteiger partial charge in [-0.3, -0.25) is 0 Å². The lowest BCUT2D eigenvalue weighted by Crippen LogP contribution is -1.82. The van der Waals surface area contributed by atoms with Gasteiger partial charge in [0.1, 0.15) is 10.5 Å². The number of aliphatic hydroxyl groups is 1. The van der Waals surface area contributed by atoms with Crippen LogP contribution < -0.4 is 0 Å². The molecule has 0 aliphatic rings. The Bertz CT molecular complexity index is 629. The molecule has 1 N–H and O–H groups in total. The van der Waals surface area contributed by atoms with E-state index in [-0.39, 0.29) is 6.61 Å². The average molecular weight is 232 g/mol. The van der Waals surface area contributed by atoms with Gasteiger partial charge in [-0.25, -0.2) is 9.97 Å². The van der Waals surface area contributed by atoms with E-state index in [2.05, 4.69) is 9.97 Å². The summed E-state index contributed by atoms with van der Waals surface area (Å²) in [5, 5.41) is 11.7. The largest absolute Gasteiger partial charge is 0.443 e. The first-order valence-corrected chi connectivity index (χ1v) is 5.63. The molecule has 5 heteroatoms. The molecule has 0 radical (unpaired) electrons. The maximum absolute atomic E-state index is 8.95. The Labute approximate surface area is 95.2 Å². The second-order valence-corrected chi connectivity index (χ2v) is 4.20. The van der Waals surface area contributed by atoms with Gasteiger partial charge < -0.3 is 9.52 Å². The molecule has 80 valence electrons. The molecule has 0 amide bonds. The summed E-state index contributed by atoms with van der Waals surface area (Å²) in [4.78, 5) is 8.35. The fourth-order valence-electron chi connectivity index (χ4n) is 1.50. The van der Waals surface area contributed by atoms with E-state index in [1.54, 1.807) is 0 Å². The summed E-state index contributed by atoms with van der Waals surface area (Å²) in [6.45, 7) is -0.0267. The van der Waals surface area contributed by atoms with Crippen LogP contribution in [0.15, 0.2) is 34.4 Å². The molecule has 1 aromatic carbocycles. The highest BCUT2D eigenvalue weighted by Gasteiger charge is 2.06. The molecule has 3 aromatic rings. The van der Waals surface area contributed by atoms with Gasteiger partial charge in [0.05, 0.1) is 12.3 Å². The number of benzene rings is 1. The Kier molecular flexibility index (Phi) is 2.19. The lowest BCUT2D eigenvalue weighted by Gasteiger charge is -1.94. The fourth-order valence-corrected chi connectivity index (χ4v) is 2.31. The van der Waals surface area contributed by atoms with Crippen LogP contribution in [-0.2, 0) is 6.61 Å². The molecule has 16 heavy (non-hydrogen) atoms. The Morgan fingerprint density at radius 3 is 3.12 bits per heavy atom. The van der Waals surface area contributed by atoms with Crippen molar-refractivity contribution in [2.45, 2.75) is 6.61 Å². The normalized spacial score (nSPS) is 11.1. The van der Waals surface area contributed by atoms with Crippen molar-refractivity contribution in [3.8, 4) is 10.6 Å². The molecule has 0 saturated carbocycles. The third-order valence-electron chi connectivity index (χ3n) is 2.29. The number of fused-ring (bicyclic) bond motifs is 1. The van der Waals surface area contributed by atoms with E-state index < -0.39 is 0 Å². The average Bonchev–Trinajstić information content (AvgIpc) is 2.96. The van der Waals surface area contributed by atoms with Crippen LogP contribution in [0.5, 0.6) is 0 Å². The lowest BCUT2D eigenvalue weighted by atomic mass is 10.2. The summed E-state index contributed by atoms with van der Waals surface area (Å²) in [5.74, 6) is 0.